The van der Waals surface area contributed by atoms with Gasteiger partial charge < -0.3 is 16.0 Å². The summed E-state index contributed by atoms with van der Waals surface area (Å²) in [6, 6.07) is 0.781. The number of hydrogen-bond donors (Lipinski definition) is 2. The zero-order valence-electron chi connectivity index (χ0n) is 10.9. The number of guanidine groups is 1. The van der Waals surface area contributed by atoms with Crippen molar-refractivity contribution in [2.24, 2.45) is 10.7 Å². The van der Waals surface area contributed by atoms with Gasteiger partial charge in [-0.1, -0.05) is 6.92 Å². The summed E-state index contributed by atoms with van der Waals surface area (Å²) < 4.78 is 0. The lowest BCUT2D eigenvalue weighted by atomic mass is 10.1. The lowest BCUT2D eigenvalue weighted by molar-refractivity contribution is 0.214. The molecular weight excluding hydrogens is 200 g/mol. The standard InChI is InChI=1S/C12H26N4/c1-4-7-16-8-5-11(6-9-16)15-12(13)14-10(2)3/h10-11H,4-9H2,1-3H3,(H3,13,14,15). The van der Waals surface area contributed by atoms with Crippen LogP contribution in [0.15, 0.2) is 4.99 Å². The van der Waals surface area contributed by atoms with Crippen LogP contribution in [0.1, 0.15) is 40.0 Å². The van der Waals surface area contributed by atoms with Crippen molar-refractivity contribution >= 4 is 5.96 Å². The number of piperidine rings is 1. The van der Waals surface area contributed by atoms with Crippen LogP contribution in [0.4, 0.5) is 0 Å². The van der Waals surface area contributed by atoms with Crippen LogP contribution in [0.25, 0.3) is 0 Å². The highest BCUT2D eigenvalue weighted by atomic mass is 15.2. The molecule has 1 aliphatic rings. The van der Waals surface area contributed by atoms with E-state index in [1.165, 1.54) is 13.0 Å². The van der Waals surface area contributed by atoms with E-state index in [1.807, 2.05) is 0 Å². The van der Waals surface area contributed by atoms with Crippen LogP contribution >= 0.6 is 0 Å². The van der Waals surface area contributed by atoms with Crippen molar-refractivity contribution in [2.75, 3.05) is 19.6 Å². The van der Waals surface area contributed by atoms with Gasteiger partial charge in [0.1, 0.15) is 0 Å². The van der Waals surface area contributed by atoms with Crippen molar-refractivity contribution in [1.29, 1.82) is 0 Å². The Kier molecular flexibility index (Phi) is 5.60. The molecule has 1 saturated heterocycles. The van der Waals surface area contributed by atoms with Crippen LogP contribution in [0.5, 0.6) is 0 Å². The summed E-state index contributed by atoms with van der Waals surface area (Å²) in [7, 11) is 0. The Labute approximate surface area is 99.3 Å². The minimum Gasteiger partial charge on any atom is -0.370 e. The highest BCUT2D eigenvalue weighted by Gasteiger charge is 2.17. The van der Waals surface area contributed by atoms with Gasteiger partial charge in [-0.15, -0.1) is 0 Å². The van der Waals surface area contributed by atoms with Crippen molar-refractivity contribution in [3.05, 3.63) is 0 Å². The van der Waals surface area contributed by atoms with E-state index in [2.05, 4.69) is 36.0 Å². The van der Waals surface area contributed by atoms with Gasteiger partial charge in [0.05, 0.1) is 6.04 Å². The van der Waals surface area contributed by atoms with Crippen molar-refractivity contribution in [3.8, 4) is 0 Å². The predicted octanol–water partition coefficient (Wildman–Crippen LogP) is 1.17. The fraction of sp³-hybridized carbons (Fsp3) is 0.917. The fourth-order valence-electron chi connectivity index (χ4n) is 2.12. The normalized spacial score (nSPS) is 20.4. The second kappa shape index (κ2) is 6.74. The second-order valence-electron chi connectivity index (χ2n) is 4.89. The molecule has 1 aliphatic heterocycles. The number of aliphatic imine (C=N–C) groups is 1. The zero-order chi connectivity index (χ0) is 12.0. The van der Waals surface area contributed by atoms with Crippen LogP contribution in [0, 0.1) is 0 Å². The monoisotopic (exact) mass is 226 g/mol. The van der Waals surface area contributed by atoms with E-state index in [4.69, 9.17) is 5.73 Å². The number of nitrogens with two attached hydrogens (primary N) is 1. The third-order valence-corrected chi connectivity index (χ3v) is 2.86. The minimum atomic E-state index is 0.365. The van der Waals surface area contributed by atoms with E-state index in [1.54, 1.807) is 0 Å². The van der Waals surface area contributed by atoms with Gasteiger partial charge in [-0.25, -0.2) is 0 Å². The Hall–Kier alpha value is -0.770. The molecule has 0 aromatic heterocycles. The van der Waals surface area contributed by atoms with Crippen molar-refractivity contribution in [1.82, 2.24) is 10.2 Å². The molecule has 0 aromatic rings. The summed E-state index contributed by atoms with van der Waals surface area (Å²) in [5, 5.41) is 3.14. The lowest BCUT2D eigenvalue weighted by Gasteiger charge is -2.30. The van der Waals surface area contributed by atoms with E-state index < -0.39 is 0 Å². The Balaban J connectivity index is 2.30. The van der Waals surface area contributed by atoms with Crippen molar-refractivity contribution < 1.29 is 0 Å². The molecule has 0 spiro atoms. The second-order valence-corrected chi connectivity index (χ2v) is 4.89. The first-order valence-corrected chi connectivity index (χ1v) is 6.44. The van der Waals surface area contributed by atoms with Gasteiger partial charge in [0.15, 0.2) is 5.96 Å². The summed E-state index contributed by atoms with van der Waals surface area (Å²) in [5.74, 6) is 0.601. The topological polar surface area (TPSA) is 53.6 Å². The molecule has 0 aromatic carbocycles. The quantitative estimate of drug-likeness (QED) is 0.559. The average Bonchev–Trinajstić information content (AvgIpc) is 2.20. The molecule has 1 heterocycles. The van der Waals surface area contributed by atoms with Gasteiger partial charge in [0, 0.05) is 19.1 Å². The molecule has 0 amide bonds. The van der Waals surface area contributed by atoms with Gasteiger partial charge in [-0.05, 0) is 39.7 Å². The maximum atomic E-state index is 5.82. The smallest absolute Gasteiger partial charge is 0.189 e. The first-order chi connectivity index (χ1) is 7.61. The van der Waals surface area contributed by atoms with E-state index >= 15 is 0 Å². The Morgan fingerprint density at radius 3 is 2.56 bits per heavy atom. The number of nitrogens with one attached hydrogen (secondary N) is 1. The molecule has 16 heavy (non-hydrogen) atoms. The van der Waals surface area contributed by atoms with Crippen LogP contribution in [0.3, 0.4) is 0 Å². The molecular formula is C12H26N4. The first kappa shape index (κ1) is 13.3. The SMILES string of the molecule is CCCN1CCC(N=C(N)NC(C)C)CC1. The summed E-state index contributed by atoms with van der Waals surface area (Å²) >= 11 is 0. The molecule has 94 valence electrons. The fourth-order valence-corrected chi connectivity index (χ4v) is 2.12. The largest absolute Gasteiger partial charge is 0.370 e. The van der Waals surface area contributed by atoms with Crippen LogP contribution in [-0.4, -0.2) is 42.6 Å². The average molecular weight is 226 g/mol. The highest BCUT2D eigenvalue weighted by molar-refractivity contribution is 5.78. The Morgan fingerprint density at radius 2 is 2.06 bits per heavy atom. The van der Waals surface area contributed by atoms with E-state index in [0.717, 1.165) is 25.9 Å². The summed E-state index contributed by atoms with van der Waals surface area (Å²) in [4.78, 5) is 7.04. The molecule has 4 nitrogen and oxygen atoms in total. The molecule has 0 radical (unpaired) electrons. The van der Waals surface area contributed by atoms with Crippen LogP contribution in [-0.2, 0) is 0 Å². The first-order valence-electron chi connectivity index (χ1n) is 6.44. The number of nitrogens with zero attached hydrogens (tertiary/aromatic N) is 2. The molecule has 4 heteroatoms. The van der Waals surface area contributed by atoms with Crippen LogP contribution < -0.4 is 11.1 Å². The minimum absolute atomic E-state index is 0.365. The molecule has 0 aliphatic carbocycles. The van der Waals surface area contributed by atoms with E-state index in [0.29, 0.717) is 18.0 Å². The van der Waals surface area contributed by atoms with Crippen molar-refractivity contribution in [3.63, 3.8) is 0 Å². The maximum absolute atomic E-state index is 5.82. The third-order valence-electron chi connectivity index (χ3n) is 2.86. The molecule has 0 bridgehead atoms. The summed E-state index contributed by atoms with van der Waals surface area (Å²) in [6.45, 7) is 9.93. The molecule has 0 saturated carbocycles. The van der Waals surface area contributed by atoms with Gasteiger partial charge in [0.2, 0.25) is 0 Å². The summed E-state index contributed by atoms with van der Waals surface area (Å²) in [5.41, 5.74) is 5.82. The molecule has 1 rings (SSSR count). The predicted molar refractivity (Wildman–Crippen MR) is 69.6 cm³/mol. The third kappa shape index (κ3) is 4.84. The molecule has 0 unspecified atom stereocenters. The maximum Gasteiger partial charge on any atom is 0.189 e. The van der Waals surface area contributed by atoms with Crippen molar-refractivity contribution in [2.45, 2.75) is 52.1 Å². The van der Waals surface area contributed by atoms with Gasteiger partial charge >= 0.3 is 0 Å². The molecule has 3 N–H and O–H groups in total. The Morgan fingerprint density at radius 1 is 1.44 bits per heavy atom. The number of hydrogen-bond acceptors (Lipinski definition) is 2. The number of rotatable bonds is 4. The number of likely N-dealkylation sites (tertiary alicyclic amines) is 1. The summed E-state index contributed by atoms with van der Waals surface area (Å²) in [6.07, 6.45) is 3.52. The van der Waals surface area contributed by atoms with Crippen LogP contribution in [0.2, 0.25) is 0 Å². The van der Waals surface area contributed by atoms with Gasteiger partial charge in [0.25, 0.3) is 0 Å². The lowest BCUT2D eigenvalue weighted by Crippen LogP contribution is -2.40. The Bertz CT molecular complexity index is 217. The highest BCUT2D eigenvalue weighted by Crippen LogP contribution is 2.13. The van der Waals surface area contributed by atoms with Gasteiger partial charge in [-0.2, -0.15) is 0 Å². The van der Waals surface area contributed by atoms with E-state index in [-0.39, 0.29) is 0 Å². The zero-order valence-corrected chi connectivity index (χ0v) is 10.9. The molecule has 0 atom stereocenters. The van der Waals surface area contributed by atoms with E-state index in [9.17, 15) is 0 Å². The van der Waals surface area contributed by atoms with Gasteiger partial charge in [-0.3, -0.25) is 4.99 Å². The molecule has 1 fully saturated rings.